The molecule has 0 radical (unpaired) electrons. The molecule has 0 fully saturated rings. The smallest absolute Gasteiger partial charge is 0.0991 e. The number of thioether (sulfide) groups is 2. The zero-order chi connectivity index (χ0) is 25.7. The van der Waals surface area contributed by atoms with Crippen molar-refractivity contribution < 1.29 is 0 Å². The lowest BCUT2D eigenvalue weighted by atomic mass is 10.2. The van der Waals surface area contributed by atoms with E-state index in [1.54, 1.807) is 24.3 Å². The first-order chi connectivity index (χ1) is 18.2. The normalized spacial score (nSPS) is 11.0. The zero-order valence-electron chi connectivity index (χ0n) is 20.1. The molecule has 0 aliphatic heterocycles. The molecular weight excluding hydrogens is 493 g/mol. The zero-order valence-corrected chi connectivity index (χ0v) is 21.8. The first-order valence-corrected chi connectivity index (χ1v) is 13.7. The molecule has 0 bridgehead atoms. The van der Waals surface area contributed by atoms with Crippen LogP contribution in [-0.4, -0.2) is 23.9 Å². The summed E-state index contributed by atoms with van der Waals surface area (Å²) in [6.07, 6.45) is 4.75. The average molecular weight is 517 g/mol. The summed E-state index contributed by atoms with van der Waals surface area (Å²) in [6, 6.07) is 35.6. The van der Waals surface area contributed by atoms with Crippen molar-refractivity contribution in [2.24, 2.45) is 9.98 Å². The van der Waals surface area contributed by atoms with Gasteiger partial charge in [-0.15, -0.1) is 23.5 Å². The Balaban J connectivity index is 1.16. The van der Waals surface area contributed by atoms with Crippen molar-refractivity contribution in [1.82, 2.24) is 0 Å². The highest BCUT2D eigenvalue weighted by molar-refractivity contribution is 8.00. The van der Waals surface area contributed by atoms with Crippen molar-refractivity contribution in [3.05, 3.63) is 119 Å². The molecule has 0 heterocycles. The molecule has 0 aliphatic rings. The summed E-state index contributed by atoms with van der Waals surface area (Å²) in [5, 5.41) is 17.8. The minimum atomic E-state index is 0.650. The van der Waals surface area contributed by atoms with E-state index < -0.39 is 0 Å². The summed E-state index contributed by atoms with van der Waals surface area (Å²) in [5.74, 6) is 2.13. The fourth-order valence-corrected chi connectivity index (χ4v) is 5.17. The lowest BCUT2D eigenvalue weighted by molar-refractivity contribution is 1.12. The predicted molar refractivity (Wildman–Crippen MR) is 156 cm³/mol. The van der Waals surface area contributed by atoms with Gasteiger partial charge in [0.15, 0.2) is 0 Å². The highest BCUT2D eigenvalue weighted by Crippen LogP contribution is 2.26. The molecule has 0 atom stereocenters. The molecule has 4 aromatic carbocycles. The van der Waals surface area contributed by atoms with E-state index in [1.807, 2.05) is 84.5 Å². The monoisotopic (exact) mass is 516 g/mol. The number of hydrogen-bond acceptors (Lipinski definition) is 6. The van der Waals surface area contributed by atoms with Crippen LogP contribution in [0.4, 0.5) is 11.4 Å². The highest BCUT2D eigenvalue weighted by atomic mass is 32.2. The van der Waals surface area contributed by atoms with Crippen molar-refractivity contribution in [2.75, 3.05) is 11.5 Å². The molecule has 6 heteroatoms. The molecule has 0 saturated carbocycles. The van der Waals surface area contributed by atoms with Crippen LogP contribution >= 0.6 is 23.5 Å². The minimum absolute atomic E-state index is 0.650. The Hall–Kier alpha value is -4.10. The summed E-state index contributed by atoms with van der Waals surface area (Å²) < 4.78 is 0. The Kier molecular flexibility index (Phi) is 9.72. The van der Waals surface area contributed by atoms with Gasteiger partial charge in [-0.3, -0.25) is 9.98 Å². The van der Waals surface area contributed by atoms with Gasteiger partial charge in [0, 0.05) is 22.2 Å². The van der Waals surface area contributed by atoms with E-state index in [0.717, 1.165) is 40.4 Å². The van der Waals surface area contributed by atoms with E-state index >= 15 is 0 Å². The van der Waals surface area contributed by atoms with Crippen LogP contribution < -0.4 is 0 Å². The maximum absolute atomic E-state index is 8.88. The lowest BCUT2D eigenvalue weighted by Gasteiger charge is -2.04. The fourth-order valence-electron chi connectivity index (χ4n) is 3.28. The van der Waals surface area contributed by atoms with Gasteiger partial charge >= 0.3 is 0 Å². The third-order valence-corrected chi connectivity index (χ3v) is 7.50. The summed E-state index contributed by atoms with van der Waals surface area (Å²) in [7, 11) is 0. The van der Waals surface area contributed by atoms with Crippen LogP contribution in [0.5, 0.6) is 0 Å². The van der Waals surface area contributed by atoms with Crippen molar-refractivity contribution in [3.8, 4) is 12.1 Å². The van der Waals surface area contributed by atoms with E-state index in [1.165, 1.54) is 9.79 Å². The Morgan fingerprint density at radius 2 is 0.919 bits per heavy atom. The second kappa shape index (κ2) is 13.8. The standard InChI is InChI=1S/C31H24N4S2/c32-20-24-2-6-26(7-3-24)22-34-28-10-14-30(15-11-28)36-18-1-19-37-31-16-12-29(13-17-31)35-23-27-8-4-25(21-33)5-9-27/h2-17,22-23H,1,18-19H2. The summed E-state index contributed by atoms with van der Waals surface area (Å²) in [4.78, 5) is 11.5. The maximum Gasteiger partial charge on any atom is 0.0991 e. The Morgan fingerprint density at radius 1 is 0.541 bits per heavy atom. The molecular formula is C31H24N4S2. The summed E-state index contributed by atoms with van der Waals surface area (Å²) in [6.45, 7) is 0. The maximum atomic E-state index is 8.88. The van der Waals surface area contributed by atoms with E-state index in [-0.39, 0.29) is 0 Å². The topological polar surface area (TPSA) is 72.3 Å². The average Bonchev–Trinajstić information content (AvgIpc) is 2.96. The van der Waals surface area contributed by atoms with Gasteiger partial charge in [-0.25, -0.2) is 0 Å². The van der Waals surface area contributed by atoms with Crippen LogP contribution in [0.25, 0.3) is 0 Å². The molecule has 37 heavy (non-hydrogen) atoms. The summed E-state index contributed by atoms with van der Waals surface area (Å²) in [5.41, 5.74) is 5.07. The van der Waals surface area contributed by atoms with E-state index in [2.05, 4.69) is 46.4 Å². The van der Waals surface area contributed by atoms with E-state index in [9.17, 15) is 0 Å². The molecule has 4 rings (SSSR count). The van der Waals surface area contributed by atoms with Crippen LogP contribution in [0.3, 0.4) is 0 Å². The van der Waals surface area contributed by atoms with Gasteiger partial charge in [-0.2, -0.15) is 10.5 Å². The fraction of sp³-hybridized carbons (Fsp3) is 0.0968. The van der Waals surface area contributed by atoms with Gasteiger partial charge in [-0.05, 0) is 102 Å². The second-order valence-electron chi connectivity index (χ2n) is 8.02. The van der Waals surface area contributed by atoms with Crippen LogP contribution in [0.1, 0.15) is 28.7 Å². The first-order valence-electron chi connectivity index (χ1n) is 11.8. The third-order valence-electron chi connectivity index (χ3n) is 5.30. The van der Waals surface area contributed by atoms with Crippen molar-refractivity contribution in [1.29, 1.82) is 10.5 Å². The minimum Gasteiger partial charge on any atom is -0.256 e. The van der Waals surface area contributed by atoms with Gasteiger partial charge in [0.2, 0.25) is 0 Å². The van der Waals surface area contributed by atoms with Crippen LogP contribution in [0, 0.1) is 22.7 Å². The highest BCUT2D eigenvalue weighted by Gasteiger charge is 1.99. The second-order valence-corrected chi connectivity index (χ2v) is 10.4. The molecule has 180 valence electrons. The van der Waals surface area contributed by atoms with E-state index in [0.29, 0.717) is 11.1 Å². The molecule has 4 aromatic rings. The molecule has 4 nitrogen and oxygen atoms in total. The van der Waals surface area contributed by atoms with Crippen molar-refractivity contribution >= 4 is 47.3 Å². The van der Waals surface area contributed by atoms with Gasteiger partial charge in [-0.1, -0.05) is 24.3 Å². The van der Waals surface area contributed by atoms with Crippen LogP contribution in [-0.2, 0) is 0 Å². The third kappa shape index (κ3) is 8.51. The molecule has 0 N–H and O–H groups in total. The number of nitrogens with zero attached hydrogens (tertiary/aromatic N) is 4. The lowest BCUT2D eigenvalue weighted by Crippen LogP contribution is -1.85. The molecule has 0 spiro atoms. The van der Waals surface area contributed by atoms with Crippen LogP contribution in [0.2, 0.25) is 0 Å². The van der Waals surface area contributed by atoms with Gasteiger partial charge in [0.1, 0.15) is 0 Å². The molecule has 0 amide bonds. The largest absolute Gasteiger partial charge is 0.256 e. The number of hydrogen-bond donors (Lipinski definition) is 0. The first kappa shape index (κ1) is 26.0. The Bertz CT molecular complexity index is 1310. The molecule has 0 saturated heterocycles. The van der Waals surface area contributed by atoms with Crippen molar-refractivity contribution in [3.63, 3.8) is 0 Å². The van der Waals surface area contributed by atoms with Gasteiger partial charge < -0.3 is 0 Å². The quantitative estimate of drug-likeness (QED) is 0.121. The van der Waals surface area contributed by atoms with Crippen molar-refractivity contribution in [2.45, 2.75) is 16.2 Å². The van der Waals surface area contributed by atoms with Gasteiger partial charge in [0.25, 0.3) is 0 Å². The number of benzene rings is 4. The summed E-state index contributed by atoms with van der Waals surface area (Å²) >= 11 is 3.72. The number of rotatable bonds is 10. The predicted octanol–water partition coefficient (Wildman–Crippen LogP) is 8.21. The van der Waals surface area contributed by atoms with Crippen LogP contribution in [0.15, 0.2) is 117 Å². The Morgan fingerprint density at radius 3 is 1.27 bits per heavy atom. The Labute approximate surface area is 226 Å². The van der Waals surface area contributed by atoms with E-state index in [4.69, 9.17) is 10.5 Å². The molecule has 0 aromatic heterocycles. The number of aliphatic imine (C=N–C) groups is 2. The van der Waals surface area contributed by atoms with Gasteiger partial charge in [0.05, 0.1) is 34.6 Å². The molecule has 0 aliphatic carbocycles. The molecule has 0 unspecified atom stereocenters. The SMILES string of the molecule is N#Cc1ccc(C=Nc2ccc(SCCCSc3ccc(N=Cc4ccc(C#N)cc4)cc3)cc2)cc1. The number of nitriles is 2.